The lowest BCUT2D eigenvalue weighted by Gasteiger charge is -2.41. The molecule has 1 fully saturated rings. The Hall–Kier alpha value is -0.0400. The second kappa shape index (κ2) is 2.48. The second-order valence-electron chi connectivity index (χ2n) is 4.98. The van der Waals surface area contributed by atoms with Crippen molar-refractivity contribution in [3.05, 3.63) is 0 Å². The highest BCUT2D eigenvalue weighted by Gasteiger charge is 2.47. The van der Waals surface area contributed by atoms with Gasteiger partial charge in [0.15, 0.2) is 0 Å². The summed E-state index contributed by atoms with van der Waals surface area (Å²) in [5.41, 5.74) is 0.906. The molecule has 0 amide bonds. The normalized spacial score (nSPS) is 29.7. The van der Waals surface area contributed by atoms with E-state index in [4.69, 9.17) is 0 Å². The Morgan fingerprint density at radius 3 is 1.82 bits per heavy atom. The third kappa shape index (κ3) is 1.44. The van der Waals surface area contributed by atoms with Crippen LogP contribution in [0.4, 0.5) is 0 Å². The first-order valence-electron chi connectivity index (χ1n) is 4.65. The monoisotopic (exact) mass is 155 g/mol. The lowest BCUT2D eigenvalue weighted by molar-refractivity contribution is 0.101. The minimum absolute atomic E-state index is 0.427. The van der Waals surface area contributed by atoms with Crippen LogP contribution in [0, 0.1) is 10.8 Å². The molecule has 0 saturated carbocycles. The Labute approximate surface area is 70.6 Å². The van der Waals surface area contributed by atoms with E-state index in [1.54, 1.807) is 0 Å². The molecule has 1 aliphatic heterocycles. The van der Waals surface area contributed by atoms with E-state index in [9.17, 15) is 0 Å². The Morgan fingerprint density at radius 1 is 1.27 bits per heavy atom. The van der Waals surface area contributed by atoms with E-state index < -0.39 is 0 Å². The molecule has 11 heavy (non-hydrogen) atoms. The SMILES string of the molecule is CCC(C)(C1CN1)C(C)(C)C. The minimum atomic E-state index is 0.427. The fourth-order valence-electron chi connectivity index (χ4n) is 1.81. The van der Waals surface area contributed by atoms with Gasteiger partial charge >= 0.3 is 0 Å². The van der Waals surface area contributed by atoms with Gasteiger partial charge in [-0.05, 0) is 17.3 Å². The maximum atomic E-state index is 3.43. The molecular formula is C10H21N. The highest BCUT2D eigenvalue weighted by atomic mass is 15.1. The van der Waals surface area contributed by atoms with Gasteiger partial charge in [-0.1, -0.05) is 34.6 Å². The quantitative estimate of drug-likeness (QED) is 0.608. The highest BCUT2D eigenvalue weighted by molar-refractivity contribution is 5.03. The van der Waals surface area contributed by atoms with Gasteiger partial charge in [-0.2, -0.15) is 0 Å². The second-order valence-corrected chi connectivity index (χ2v) is 4.98. The molecule has 2 unspecified atom stereocenters. The van der Waals surface area contributed by atoms with Crippen LogP contribution >= 0.6 is 0 Å². The number of hydrogen-bond donors (Lipinski definition) is 1. The summed E-state index contributed by atoms with van der Waals surface area (Å²) >= 11 is 0. The summed E-state index contributed by atoms with van der Waals surface area (Å²) in [4.78, 5) is 0. The molecule has 0 aromatic heterocycles. The molecule has 0 aromatic rings. The fraction of sp³-hybridized carbons (Fsp3) is 1.00. The lowest BCUT2D eigenvalue weighted by Crippen LogP contribution is -2.38. The van der Waals surface area contributed by atoms with Crippen molar-refractivity contribution in [1.29, 1.82) is 0 Å². The standard InChI is InChI=1S/C10H21N/c1-6-10(5,8-7-11-8)9(2,3)4/h8,11H,6-7H2,1-5H3. The maximum absolute atomic E-state index is 3.43. The van der Waals surface area contributed by atoms with Gasteiger partial charge in [-0.3, -0.25) is 0 Å². The minimum Gasteiger partial charge on any atom is -0.311 e. The van der Waals surface area contributed by atoms with E-state index in [0.717, 1.165) is 6.04 Å². The van der Waals surface area contributed by atoms with Gasteiger partial charge in [0, 0.05) is 12.6 Å². The molecule has 1 nitrogen and oxygen atoms in total. The summed E-state index contributed by atoms with van der Waals surface area (Å²) in [5.74, 6) is 0. The third-order valence-electron chi connectivity index (χ3n) is 3.63. The van der Waals surface area contributed by atoms with Gasteiger partial charge in [0.05, 0.1) is 0 Å². The Balaban J connectivity index is 2.73. The van der Waals surface area contributed by atoms with E-state index in [1.807, 2.05) is 0 Å². The molecule has 0 aromatic carbocycles. The molecule has 0 spiro atoms. The maximum Gasteiger partial charge on any atom is 0.0251 e. The van der Waals surface area contributed by atoms with Crippen LogP contribution in [0.15, 0.2) is 0 Å². The van der Waals surface area contributed by atoms with Crippen molar-refractivity contribution in [1.82, 2.24) is 5.32 Å². The fourth-order valence-corrected chi connectivity index (χ4v) is 1.81. The average molecular weight is 155 g/mol. The van der Waals surface area contributed by atoms with Crippen LogP contribution in [-0.4, -0.2) is 12.6 Å². The summed E-state index contributed by atoms with van der Waals surface area (Å²) in [6.45, 7) is 13.0. The zero-order chi connectivity index (χ0) is 8.70. The van der Waals surface area contributed by atoms with Crippen LogP contribution in [0.5, 0.6) is 0 Å². The van der Waals surface area contributed by atoms with Gasteiger partial charge in [-0.15, -0.1) is 0 Å². The van der Waals surface area contributed by atoms with Crippen molar-refractivity contribution in [2.45, 2.75) is 47.1 Å². The van der Waals surface area contributed by atoms with Crippen molar-refractivity contribution in [3.63, 3.8) is 0 Å². The number of hydrogen-bond acceptors (Lipinski definition) is 1. The van der Waals surface area contributed by atoms with E-state index in [2.05, 4.69) is 39.9 Å². The largest absolute Gasteiger partial charge is 0.311 e. The van der Waals surface area contributed by atoms with Crippen LogP contribution in [0.1, 0.15) is 41.0 Å². The predicted molar refractivity (Wildman–Crippen MR) is 49.6 cm³/mol. The Kier molecular flexibility index (Phi) is 2.04. The van der Waals surface area contributed by atoms with Crippen LogP contribution in [-0.2, 0) is 0 Å². The molecule has 1 heteroatoms. The summed E-state index contributed by atoms with van der Waals surface area (Å²) in [5, 5.41) is 3.43. The van der Waals surface area contributed by atoms with Crippen LogP contribution in [0.2, 0.25) is 0 Å². The summed E-state index contributed by atoms with van der Waals surface area (Å²) in [6, 6.07) is 0.771. The van der Waals surface area contributed by atoms with Crippen molar-refractivity contribution in [3.8, 4) is 0 Å². The van der Waals surface area contributed by atoms with Gasteiger partial charge in [0.1, 0.15) is 0 Å². The van der Waals surface area contributed by atoms with E-state index in [-0.39, 0.29) is 0 Å². The molecule has 1 heterocycles. The molecule has 0 aliphatic carbocycles. The zero-order valence-electron chi connectivity index (χ0n) is 8.49. The van der Waals surface area contributed by atoms with Crippen molar-refractivity contribution < 1.29 is 0 Å². The van der Waals surface area contributed by atoms with Crippen molar-refractivity contribution in [2.24, 2.45) is 10.8 Å². The summed E-state index contributed by atoms with van der Waals surface area (Å²) < 4.78 is 0. The molecule has 1 aliphatic rings. The zero-order valence-corrected chi connectivity index (χ0v) is 8.49. The molecule has 1 N–H and O–H groups in total. The molecule has 0 bridgehead atoms. The van der Waals surface area contributed by atoms with Crippen LogP contribution < -0.4 is 5.32 Å². The molecule has 2 atom stereocenters. The van der Waals surface area contributed by atoms with Gasteiger partial charge in [0.25, 0.3) is 0 Å². The number of nitrogens with one attached hydrogen (secondary N) is 1. The first-order chi connectivity index (χ1) is 4.92. The summed E-state index contributed by atoms with van der Waals surface area (Å²) in [6.07, 6.45) is 1.27. The van der Waals surface area contributed by atoms with Gasteiger partial charge in [-0.25, -0.2) is 0 Å². The number of rotatable bonds is 2. The Bertz CT molecular complexity index is 141. The van der Waals surface area contributed by atoms with E-state index in [0.29, 0.717) is 10.8 Å². The third-order valence-corrected chi connectivity index (χ3v) is 3.63. The first-order valence-corrected chi connectivity index (χ1v) is 4.65. The van der Waals surface area contributed by atoms with Crippen molar-refractivity contribution >= 4 is 0 Å². The lowest BCUT2D eigenvalue weighted by atomic mass is 9.64. The van der Waals surface area contributed by atoms with Crippen molar-refractivity contribution in [2.75, 3.05) is 6.54 Å². The van der Waals surface area contributed by atoms with Crippen LogP contribution in [0.3, 0.4) is 0 Å². The predicted octanol–water partition coefficient (Wildman–Crippen LogP) is 2.42. The van der Waals surface area contributed by atoms with Crippen LogP contribution in [0.25, 0.3) is 0 Å². The molecular weight excluding hydrogens is 134 g/mol. The van der Waals surface area contributed by atoms with Gasteiger partial charge < -0.3 is 5.32 Å². The molecule has 0 radical (unpaired) electrons. The first kappa shape index (κ1) is 9.05. The average Bonchev–Trinajstić information content (AvgIpc) is 2.64. The van der Waals surface area contributed by atoms with E-state index in [1.165, 1.54) is 13.0 Å². The smallest absolute Gasteiger partial charge is 0.0251 e. The summed E-state index contributed by atoms with van der Waals surface area (Å²) in [7, 11) is 0. The molecule has 1 rings (SSSR count). The molecule has 66 valence electrons. The van der Waals surface area contributed by atoms with E-state index >= 15 is 0 Å². The van der Waals surface area contributed by atoms with Gasteiger partial charge in [0.2, 0.25) is 0 Å². The highest BCUT2D eigenvalue weighted by Crippen LogP contribution is 2.46. The molecule has 1 saturated heterocycles. The topological polar surface area (TPSA) is 21.9 Å². The Morgan fingerprint density at radius 2 is 1.73 bits per heavy atom.